The van der Waals surface area contributed by atoms with Crippen LogP contribution < -0.4 is 5.32 Å². The van der Waals surface area contributed by atoms with Crippen LogP contribution in [0.25, 0.3) is 0 Å². The quantitative estimate of drug-likeness (QED) is 0.419. The minimum Gasteiger partial charge on any atom is -0.317 e. The SMILES string of the molecule is C=C(CCCCC1CC1CCNCCC)C1CC1. The van der Waals surface area contributed by atoms with E-state index in [2.05, 4.69) is 18.8 Å². The molecule has 0 saturated heterocycles. The van der Waals surface area contributed by atoms with E-state index >= 15 is 0 Å². The summed E-state index contributed by atoms with van der Waals surface area (Å²) in [5, 5.41) is 3.52. The van der Waals surface area contributed by atoms with Crippen molar-refractivity contribution in [2.45, 2.75) is 64.7 Å². The van der Waals surface area contributed by atoms with Crippen LogP contribution in [0.5, 0.6) is 0 Å². The summed E-state index contributed by atoms with van der Waals surface area (Å²) < 4.78 is 0. The van der Waals surface area contributed by atoms with E-state index in [1.54, 1.807) is 5.57 Å². The Balaban J connectivity index is 1.38. The topological polar surface area (TPSA) is 12.0 Å². The minimum atomic E-state index is 0.920. The average Bonchev–Trinajstić information content (AvgIpc) is 3.25. The van der Waals surface area contributed by atoms with Crippen LogP contribution in [0.4, 0.5) is 0 Å². The van der Waals surface area contributed by atoms with Crippen molar-refractivity contribution in [2.75, 3.05) is 13.1 Å². The van der Waals surface area contributed by atoms with Gasteiger partial charge in [-0.25, -0.2) is 0 Å². The molecule has 2 aliphatic rings. The fraction of sp³-hybridized carbons (Fsp3) is 0.882. The van der Waals surface area contributed by atoms with Gasteiger partial charge in [0.05, 0.1) is 0 Å². The largest absolute Gasteiger partial charge is 0.317 e. The van der Waals surface area contributed by atoms with E-state index in [0.29, 0.717) is 0 Å². The van der Waals surface area contributed by atoms with E-state index in [4.69, 9.17) is 0 Å². The van der Waals surface area contributed by atoms with E-state index in [-0.39, 0.29) is 0 Å². The van der Waals surface area contributed by atoms with Gasteiger partial charge >= 0.3 is 0 Å². The monoisotopic (exact) mass is 249 g/mol. The minimum absolute atomic E-state index is 0.920. The highest BCUT2D eigenvalue weighted by Gasteiger charge is 2.35. The maximum atomic E-state index is 4.21. The molecule has 2 fully saturated rings. The maximum absolute atomic E-state index is 4.21. The van der Waals surface area contributed by atoms with Crippen LogP contribution in [0.3, 0.4) is 0 Å². The van der Waals surface area contributed by atoms with Crippen LogP contribution >= 0.6 is 0 Å². The zero-order valence-corrected chi connectivity index (χ0v) is 12.2. The van der Waals surface area contributed by atoms with E-state index in [1.807, 2.05) is 0 Å². The third-order valence-electron chi connectivity index (χ3n) is 4.67. The summed E-state index contributed by atoms with van der Waals surface area (Å²) >= 11 is 0. The number of allylic oxidation sites excluding steroid dienone is 1. The lowest BCUT2D eigenvalue weighted by Gasteiger charge is -2.04. The molecule has 2 rings (SSSR count). The van der Waals surface area contributed by atoms with Crippen molar-refractivity contribution in [3.63, 3.8) is 0 Å². The standard InChI is InChI=1S/C17H31N/c1-3-11-18-12-10-17-13-16(17)7-5-4-6-14(2)15-8-9-15/h15-18H,2-13H2,1H3. The van der Waals surface area contributed by atoms with Gasteiger partial charge in [0.1, 0.15) is 0 Å². The smallest absolute Gasteiger partial charge is 0.00462 e. The van der Waals surface area contributed by atoms with Gasteiger partial charge in [0.2, 0.25) is 0 Å². The molecule has 2 unspecified atom stereocenters. The van der Waals surface area contributed by atoms with Crippen LogP contribution in [0.15, 0.2) is 12.2 Å². The molecule has 104 valence electrons. The normalized spacial score (nSPS) is 26.3. The number of hydrogen-bond acceptors (Lipinski definition) is 1. The molecule has 0 aromatic carbocycles. The van der Waals surface area contributed by atoms with Gasteiger partial charge in [0, 0.05) is 0 Å². The van der Waals surface area contributed by atoms with Gasteiger partial charge < -0.3 is 5.32 Å². The molecule has 0 amide bonds. The lowest BCUT2D eigenvalue weighted by Crippen LogP contribution is -2.16. The third-order valence-corrected chi connectivity index (χ3v) is 4.67. The first-order valence-electron chi connectivity index (χ1n) is 8.19. The number of hydrogen-bond donors (Lipinski definition) is 1. The molecule has 0 spiro atoms. The zero-order chi connectivity index (χ0) is 12.8. The number of rotatable bonds is 11. The second-order valence-corrected chi connectivity index (χ2v) is 6.47. The molecule has 0 aromatic rings. The number of unbranched alkanes of at least 4 members (excludes halogenated alkanes) is 1. The lowest BCUT2D eigenvalue weighted by atomic mass is 10.0. The molecule has 1 N–H and O–H groups in total. The van der Waals surface area contributed by atoms with Crippen molar-refractivity contribution in [3.05, 3.63) is 12.2 Å². The van der Waals surface area contributed by atoms with E-state index in [9.17, 15) is 0 Å². The molecule has 0 heterocycles. The Bertz CT molecular complexity index is 254. The van der Waals surface area contributed by atoms with Crippen molar-refractivity contribution in [1.29, 1.82) is 0 Å². The second-order valence-electron chi connectivity index (χ2n) is 6.47. The Morgan fingerprint density at radius 3 is 2.61 bits per heavy atom. The summed E-state index contributed by atoms with van der Waals surface area (Å²) in [5.41, 5.74) is 1.55. The Hall–Kier alpha value is -0.300. The Morgan fingerprint density at radius 1 is 1.11 bits per heavy atom. The van der Waals surface area contributed by atoms with Crippen LogP contribution in [0.2, 0.25) is 0 Å². The molecule has 0 bridgehead atoms. The highest BCUT2D eigenvalue weighted by Crippen LogP contribution is 2.45. The third kappa shape index (κ3) is 5.14. The molecule has 0 aliphatic heterocycles. The van der Waals surface area contributed by atoms with Crippen LogP contribution in [0.1, 0.15) is 64.7 Å². The Labute approximate surface area is 113 Å². The van der Waals surface area contributed by atoms with E-state index in [0.717, 1.165) is 17.8 Å². The van der Waals surface area contributed by atoms with Crippen molar-refractivity contribution in [3.8, 4) is 0 Å². The second kappa shape index (κ2) is 7.33. The van der Waals surface area contributed by atoms with Gasteiger partial charge in [-0.1, -0.05) is 31.9 Å². The summed E-state index contributed by atoms with van der Waals surface area (Å²) in [6.07, 6.45) is 12.7. The maximum Gasteiger partial charge on any atom is -0.00462 e. The van der Waals surface area contributed by atoms with E-state index in [1.165, 1.54) is 70.9 Å². The van der Waals surface area contributed by atoms with Crippen LogP contribution in [-0.2, 0) is 0 Å². The van der Waals surface area contributed by atoms with Crippen LogP contribution in [-0.4, -0.2) is 13.1 Å². The molecule has 2 aliphatic carbocycles. The molecule has 2 atom stereocenters. The summed E-state index contributed by atoms with van der Waals surface area (Å²) in [7, 11) is 0. The summed E-state index contributed by atoms with van der Waals surface area (Å²) in [6, 6.07) is 0. The van der Waals surface area contributed by atoms with Gasteiger partial charge in [0.25, 0.3) is 0 Å². The zero-order valence-electron chi connectivity index (χ0n) is 12.2. The molecule has 18 heavy (non-hydrogen) atoms. The molecule has 1 heteroatoms. The first-order chi connectivity index (χ1) is 8.81. The molecular formula is C17H31N. The highest BCUT2D eigenvalue weighted by atomic mass is 14.8. The Morgan fingerprint density at radius 2 is 1.89 bits per heavy atom. The van der Waals surface area contributed by atoms with Crippen molar-refractivity contribution < 1.29 is 0 Å². The highest BCUT2D eigenvalue weighted by molar-refractivity contribution is 5.07. The molecular weight excluding hydrogens is 218 g/mol. The first-order valence-corrected chi connectivity index (χ1v) is 8.19. The van der Waals surface area contributed by atoms with Gasteiger partial charge in [-0.05, 0) is 75.8 Å². The van der Waals surface area contributed by atoms with Crippen molar-refractivity contribution >= 4 is 0 Å². The van der Waals surface area contributed by atoms with Crippen LogP contribution in [0, 0.1) is 17.8 Å². The predicted octanol–water partition coefficient (Wildman–Crippen LogP) is 4.54. The van der Waals surface area contributed by atoms with Crippen molar-refractivity contribution in [2.24, 2.45) is 17.8 Å². The van der Waals surface area contributed by atoms with Crippen molar-refractivity contribution in [1.82, 2.24) is 5.32 Å². The first kappa shape index (κ1) is 14.1. The van der Waals surface area contributed by atoms with Gasteiger partial charge in [-0.15, -0.1) is 0 Å². The van der Waals surface area contributed by atoms with E-state index < -0.39 is 0 Å². The summed E-state index contributed by atoms with van der Waals surface area (Å²) in [5.74, 6) is 3.05. The average molecular weight is 249 g/mol. The lowest BCUT2D eigenvalue weighted by molar-refractivity contribution is 0.541. The Kier molecular flexibility index (Phi) is 5.75. The molecule has 1 nitrogen and oxygen atoms in total. The predicted molar refractivity (Wildman–Crippen MR) is 79.7 cm³/mol. The molecule has 2 saturated carbocycles. The fourth-order valence-electron chi connectivity index (χ4n) is 3.06. The van der Waals surface area contributed by atoms with Gasteiger partial charge in [0.15, 0.2) is 0 Å². The number of nitrogens with one attached hydrogen (secondary N) is 1. The summed E-state index contributed by atoms with van der Waals surface area (Å²) in [4.78, 5) is 0. The fourth-order valence-corrected chi connectivity index (χ4v) is 3.06. The van der Waals surface area contributed by atoms with Gasteiger partial charge in [-0.3, -0.25) is 0 Å². The summed E-state index contributed by atoms with van der Waals surface area (Å²) in [6.45, 7) is 8.89. The molecule has 0 aromatic heterocycles. The molecule has 0 radical (unpaired) electrons. The van der Waals surface area contributed by atoms with Gasteiger partial charge in [-0.2, -0.15) is 0 Å².